The van der Waals surface area contributed by atoms with Crippen LogP contribution in [0, 0.1) is 23.7 Å². The molecule has 4 fully saturated rings. The Morgan fingerprint density at radius 2 is 0.444 bits per heavy atom. The van der Waals surface area contributed by atoms with Gasteiger partial charge in [0.15, 0.2) is 0 Å². The normalized spacial score (nSPS) is 45.0. The summed E-state index contributed by atoms with van der Waals surface area (Å²) < 4.78 is 0. The second kappa shape index (κ2) is 14.8. The predicted octanol–water partition coefficient (Wildman–Crippen LogP) is 7.79. The highest BCUT2D eigenvalue weighted by Gasteiger charge is 2.28. The van der Waals surface area contributed by atoms with Crippen LogP contribution in [0.15, 0.2) is 0 Å². The van der Waals surface area contributed by atoms with Gasteiger partial charge in [0.05, 0.1) is 22.4 Å². The van der Waals surface area contributed by atoms with Crippen molar-refractivity contribution < 1.29 is 20.4 Å². The van der Waals surface area contributed by atoms with Crippen molar-refractivity contribution in [3.63, 3.8) is 0 Å². The Morgan fingerprint density at radius 3 is 0.528 bits per heavy atom. The molecular formula is C32H64O4. The molecule has 0 atom stereocenters. The van der Waals surface area contributed by atoms with Gasteiger partial charge < -0.3 is 20.4 Å². The monoisotopic (exact) mass is 512 g/mol. The van der Waals surface area contributed by atoms with Gasteiger partial charge in [-0.2, -0.15) is 0 Å². The van der Waals surface area contributed by atoms with E-state index in [1.165, 1.54) is 51.4 Å². The lowest BCUT2D eigenvalue weighted by atomic mass is 9.81. The van der Waals surface area contributed by atoms with Crippen molar-refractivity contribution in [3.8, 4) is 0 Å². The van der Waals surface area contributed by atoms with Crippen molar-refractivity contribution in [2.45, 2.75) is 181 Å². The van der Waals surface area contributed by atoms with Crippen LogP contribution in [-0.4, -0.2) is 42.8 Å². The van der Waals surface area contributed by atoms with Crippen LogP contribution in [0.1, 0.15) is 158 Å². The third-order valence-electron chi connectivity index (χ3n) is 9.41. The Hall–Kier alpha value is -0.160. The fraction of sp³-hybridized carbons (Fsp3) is 1.00. The minimum atomic E-state index is -0.341. The van der Waals surface area contributed by atoms with Gasteiger partial charge in [-0.05, 0) is 154 Å². The zero-order valence-corrected chi connectivity index (χ0v) is 25.4. The number of hydrogen-bond donors (Lipinski definition) is 4. The molecule has 0 amide bonds. The summed E-state index contributed by atoms with van der Waals surface area (Å²) >= 11 is 0. The summed E-state index contributed by atoms with van der Waals surface area (Å²) in [5.41, 5.74) is -1.36. The van der Waals surface area contributed by atoms with E-state index in [9.17, 15) is 20.4 Å². The van der Waals surface area contributed by atoms with Crippen molar-refractivity contribution in [2.75, 3.05) is 0 Å². The molecule has 0 spiro atoms. The van der Waals surface area contributed by atoms with Gasteiger partial charge >= 0.3 is 0 Å². The van der Waals surface area contributed by atoms with Gasteiger partial charge in [0.2, 0.25) is 0 Å². The van der Waals surface area contributed by atoms with Crippen LogP contribution in [0.4, 0.5) is 0 Å². The molecule has 0 aliphatic heterocycles. The zero-order chi connectivity index (χ0) is 27.6. The smallest absolute Gasteiger partial charge is 0.0620 e. The molecule has 4 aliphatic rings. The molecule has 4 aliphatic carbocycles. The maximum atomic E-state index is 9.49. The molecule has 0 unspecified atom stereocenters. The average Bonchev–Trinajstić information content (AvgIpc) is 2.78. The fourth-order valence-electron chi connectivity index (χ4n) is 5.54. The molecule has 4 rings (SSSR count). The lowest BCUT2D eigenvalue weighted by Gasteiger charge is -2.31. The predicted molar refractivity (Wildman–Crippen MR) is 153 cm³/mol. The van der Waals surface area contributed by atoms with Crippen LogP contribution in [0.25, 0.3) is 0 Å². The summed E-state index contributed by atoms with van der Waals surface area (Å²) in [7, 11) is 0. The van der Waals surface area contributed by atoms with Crippen LogP contribution in [0.3, 0.4) is 0 Å². The molecule has 0 aromatic carbocycles. The van der Waals surface area contributed by atoms with Crippen LogP contribution >= 0.6 is 0 Å². The third kappa shape index (κ3) is 15.9. The number of rotatable bonds is 0. The van der Waals surface area contributed by atoms with Crippen LogP contribution in [-0.2, 0) is 0 Å². The Balaban J connectivity index is 0.000000240. The van der Waals surface area contributed by atoms with E-state index in [0.717, 1.165) is 75.0 Å². The second-order valence-electron chi connectivity index (χ2n) is 14.7. The van der Waals surface area contributed by atoms with Crippen molar-refractivity contribution >= 4 is 0 Å². The first-order valence-corrected chi connectivity index (χ1v) is 15.3. The van der Waals surface area contributed by atoms with Gasteiger partial charge in [0.25, 0.3) is 0 Å². The molecule has 36 heavy (non-hydrogen) atoms. The van der Waals surface area contributed by atoms with Crippen molar-refractivity contribution in [2.24, 2.45) is 23.7 Å². The maximum Gasteiger partial charge on any atom is 0.0620 e. The van der Waals surface area contributed by atoms with Gasteiger partial charge in [-0.3, -0.25) is 0 Å². The molecule has 0 aromatic heterocycles. The lowest BCUT2D eigenvalue weighted by molar-refractivity contribution is 0.0100. The van der Waals surface area contributed by atoms with E-state index in [4.69, 9.17) is 0 Å². The second-order valence-corrected chi connectivity index (χ2v) is 14.7. The summed E-state index contributed by atoms with van der Waals surface area (Å²) in [4.78, 5) is 0. The first kappa shape index (κ1) is 33.9. The summed E-state index contributed by atoms with van der Waals surface area (Å²) in [6.07, 6.45) is 17.6. The van der Waals surface area contributed by atoms with Crippen LogP contribution in [0.5, 0.6) is 0 Å². The first-order valence-electron chi connectivity index (χ1n) is 15.3. The molecule has 0 aromatic rings. The van der Waals surface area contributed by atoms with Gasteiger partial charge in [-0.25, -0.2) is 0 Å². The Bertz CT molecular complexity index is 451. The van der Waals surface area contributed by atoms with Crippen molar-refractivity contribution in [3.05, 3.63) is 0 Å². The van der Waals surface area contributed by atoms with E-state index < -0.39 is 0 Å². The molecule has 4 saturated carbocycles. The molecule has 216 valence electrons. The molecule has 4 heteroatoms. The summed E-state index contributed by atoms with van der Waals surface area (Å²) in [5.74, 6) is 3.35. The van der Waals surface area contributed by atoms with Crippen molar-refractivity contribution in [1.29, 1.82) is 0 Å². The Morgan fingerprint density at radius 1 is 0.333 bits per heavy atom. The van der Waals surface area contributed by atoms with Gasteiger partial charge in [-0.15, -0.1) is 0 Å². The first-order chi connectivity index (χ1) is 16.4. The van der Waals surface area contributed by atoms with E-state index in [1.807, 2.05) is 27.7 Å². The average molecular weight is 513 g/mol. The molecule has 4 nitrogen and oxygen atoms in total. The molecule has 4 N–H and O–H groups in total. The number of aliphatic hydroxyl groups is 4. The zero-order valence-electron chi connectivity index (χ0n) is 25.4. The summed E-state index contributed by atoms with van der Waals surface area (Å²) in [5, 5.41) is 38.0. The number of hydrogen-bond acceptors (Lipinski definition) is 4. The van der Waals surface area contributed by atoms with Gasteiger partial charge in [0, 0.05) is 0 Å². The van der Waals surface area contributed by atoms with Gasteiger partial charge in [0.1, 0.15) is 0 Å². The Labute approximate surface area is 224 Å². The highest BCUT2D eigenvalue weighted by atomic mass is 16.3. The van der Waals surface area contributed by atoms with Crippen molar-refractivity contribution in [1.82, 2.24) is 0 Å². The molecule has 0 saturated heterocycles. The standard InChI is InChI=1S/4C8H16O/c4*1-7-3-5-8(2,9)6-4-7/h4*7,9H,3-6H2,1-2H3. The molecule has 0 radical (unpaired) electrons. The summed E-state index contributed by atoms with van der Waals surface area (Å²) in [6.45, 7) is 16.8. The molecule has 0 heterocycles. The minimum absolute atomic E-state index is 0.341. The fourth-order valence-corrected chi connectivity index (χ4v) is 5.54. The highest BCUT2D eigenvalue weighted by molar-refractivity contribution is 4.81. The van der Waals surface area contributed by atoms with E-state index >= 15 is 0 Å². The Kier molecular flexibility index (Phi) is 14.0. The largest absolute Gasteiger partial charge is 0.390 e. The topological polar surface area (TPSA) is 80.9 Å². The van der Waals surface area contributed by atoms with E-state index in [2.05, 4.69) is 27.7 Å². The van der Waals surface area contributed by atoms with E-state index in [1.54, 1.807) is 0 Å². The lowest BCUT2D eigenvalue weighted by Crippen LogP contribution is -2.29. The SMILES string of the molecule is CC1CCC(C)(O)CC1.CC1CCC(C)(O)CC1.CC1CCC(C)(O)CC1.CC1CCC(C)(O)CC1. The van der Waals surface area contributed by atoms with Gasteiger partial charge in [-0.1, -0.05) is 27.7 Å². The van der Waals surface area contributed by atoms with E-state index in [-0.39, 0.29) is 22.4 Å². The summed E-state index contributed by atoms with van der Waals surface area (Å²) in [6, 6.07) is 0. The van der Waals surface area contributed by atoms with Crippen LogP contribution in [0.2, 0.25) is 0 Å². The van der Waals surface area contributed by atoms with Crippen LogP contribution < -0.4 is 0 Å². The quantitative estimate of drug-likeness (QED) is 0.267. The maximum absolute atomic E-state index is 9.49. The highest BCUT2D eigenvalue weighted by Crippen LogP contribution is 2.33. The van der Waals surface area contributed by atoms with E-state index in [0.29, 0.717) is 0 Å². The third-order valence-corrected chi connectivity index (χ3v) is 9.41. The molecule has 0 bridgehead atoms. The minimum Gasteiger partial charge on any atom is -0.390 e. The molecular weight excluding hydrogens is 448 g/mol.